The van der Waals surface area contributed by atoms with Crippen LogP contribution in [-0.4, -0.2) is 13.0 Å². The molecule has 4 aliphatic carbocycles. The first kappa shape index (κ1) is 18.5. The lowest BCUT2D eigenvalue weighted by molar-refractivity contribution is -0.111. The first-order valence-electron chi connectivity index (χ1n) is 10.9. The van der Waals surface area contributed by atoms with Crippen molar-refractivity contribution in [2.75, 3.05) is 12.4 Å². The third kappa shape index (κ3) is 3.71. The number of carbonyl (C=O) groups is 1. The number of hydrogen-bond acceptors (Lipinski definition) is 2. The van der Waals surface area contributed by atoms with Crippen LogP contribution in [0.15, 0.2) is 54.6 Å². The second kappa shape index (κ2) is 7.37. The van der Waals surface area contributed by atoms with Crippen LogP contribution in [0.2, 0.25) is 0 Å². The number of nitrogens with one attached hydrogen (secondary N) is 1. The van der Waals surface area contributed by atoms with Crippen LogP contribution in [0.25, 0.3) is 6.08 Å². The Morgan fingerprint density at radius 1 is 1.00 bits per heavy atom. The van der Waals surface area contributed by atoms with E-state index in [1.807, 2.05) is 30.3 Å². The number of carbonyl (C=O) groups excluding carboxylic acids is 1. The highest BCUT2D eigenvalue weighted by molar-refractivity contribution is 6.01. The number of anilines is 1. The molecule has 2 aromatic carbocycles. The van der Waals surface area contributed by atoms with E-state index in [1.165, 1.54) is 44.1 Å². The van der Waals surface area contributed by atoms with Gasteiger partial charge in [0.1, 0.15) is 5.75 Å². The molecule has 29 heavy (non-hydrogen) atoms. The molecule has 0 radical (unpaired) electrons. The van der Waals surface area contributed by atoms with E-state index in [0.29, 0.717) is 5.41 Å². The van der Waals surface area contributed by atoms with E-state index in [9.17, 15) is 4.79 Å². The summed E-state index contributed by atoms with van der Waals surface area (Å²) in [7, 11) is 1.64. The van der Waals surface area contributed by atoms with Crippen LogP contribution >= 0.6 is 0 Å². The summed E-state index contributed by atoms with van der Waals surface area (Å²) in [6, 6.07) is 16.3. The van der Waals surface area contributed by atoms with Crippen molar-refractivity contribution >= 4 is 17.7 Å². The molecule has 4 saturated carbocycles. The summed E-state index contributed by atoms with van der Waals surface area (Å²) in [6.07, 6.45) is 11.9. The molecule has 0 spiro atoms. The average Bonchev–Trinajstić information content (AvgIpc) is 2.72. The lowest BCUT2D eigenvalue weighted by atomic mass is 9.48. The normalized spacial score (nSPS) is 29.9. The van der Waals surface area contributed by atoms with Crippen molar-refractivity contribution in [3.63, 3.8) is 0 Å². The monoisotopic (exact) mass is 387 g/mol. The summed E-state index contributed by atoms with van der Waals surface area (Å²) >= 11 is 0. The molecule has 0 aliphatic heterocycles. The van der Waals surface area contributed by atoms with Gasteiger partial charge in [-0.1, -0.05) is 24.3 Å². The molecular formula is C26H29NO2. The third-order valence-corrected chi connectivity index (χ3v) is 7.32. The highest BCUT2D eigenvalue weighted by Crippen LogP contribution is 2.60. The molecule has 0 unspecified atom stereocenters. The van der Waals surface area contributed by atoms with E-state index >= 15 is 0 Å². The van der Waals surface area contributed by atoms with Crippen molar-refractivity contribution in [3.05, 3.63) is 65.7 Å². The van der Waals surface area contributed by atoms with Crippen LogP contribution in [-0.2, 0) is 10.2 Å². The van der Waals surface area contributed by atoms with Gasteiger partial charge in [0.05, 0.1) is 7.11 Å². The zero-order valence-corrected chi connectivity index (χ0v) is 17.1. The van der Waals surface area contributed by atoms with Gasteiger partial charge >= 0.3 is 0 Å². The molecule has 3 nitrogen and oxygen atoms in total. The van der Waals surface area contributed by atoms with E-state index in [1.54, 1.807) is 13.2 Å². The molecule has 1 amide bonds. The number of ether oxygens (including phenoxy) is 1. The Bertz CT molecular complexity index is 893. The fourth-order valence-corrected chi connectivity index (χ4v) is 6.47. The lowest BCUT2D eigenvalue weighted by Crippen LogP contribution is -2.48. The van der Waals surface area contributed by atoms with Crippen LogP contribution in [0.4, 0.5) is 5.69 Å². The molecule has 150 valence electrons. The molecule has 6 rings (SSSR count). The van der Waals surface area contributed by atoms with Gasteiger partial charge in [-0.2, -0.15) is 0 Å². The standard InChI is InChI=1S/C26H29NO2/c1-29-24-4-2-3-18(14-24)5-10-25(28)27-23-8-6-22(7-9-23)26-15-19-11-20(16-26)13-21(12-19)17-26/h2-10,14,19-21H,11-13,15-17H2,1H3,(H,27,28)/b10-5+. The molecule has 4 bridgehead atoms. The topological polar surface area (TPSA) is 38.3 Å². The molecule has 4 fully saturated rings. The Morgan fingerprint density at radius 3 is 2.28 bits per heavy atom. The van der Waals surface area contributed by atoms with Gasteiger partial charge in [-0.05, 0) is 103 Å². The molecule has 2 aromatic rings. The highest BCUT2D eigenvalue weighted by atomic mass is 16.5. The van der Waals surface area contributed by atoms with Gasteiger partial charge in [0.2, 0.25) is 5.91 Å². The Labute approximate surface area is 173 Å². The second-order valence-corrected chi connectivity index (χ2v) is 9.37. The SMILES string of the molecule is COc1cccc(/C=C/C(=O)Nc2ccc(C34CC5CC(CC(C5)C3)C4)cc2)c1. The predicted molar refractivity (Wildman–Crippen MR) is 117 cm³/mol. The quantitative estimate of drug-likeness (QED) is 0.657. The Morgan fingerprint density at radius 2 is 1.66 bits per heavy atom. The summed E-state index contributed by atoms with van der Waals surface area (Å²) in [6.45, 7) is 0. The lowest BCUT2D eigenvalue weighted by Gasteiger charge is -2.57. The molecule has 1 N–H and O–H groups in total. The minimum absolute atomic E-state index is 0.115. The van der Waals surface area contributed by atoms with Crippen LogP contribution in [0, 0.1) is 17.8 Å². The molecule has 0 heterocycles. The minimum Gasteiger partial charge on any atom is -0.497 e. The van der Waals surface area contributed by atoms with Crippen molar-refractivity contribution in [3.8, 4) is 5.75 Å². The average molecular weight is 388 g/mol. The third-order valence-electron chi connectivity index (χ3n) is 7.32. The summed E-state index contributed by atoms with van der Waals surface area (Å²) in [5.41, 5.74) is 3.70. The molecule has 0 saturated heterocycles. The van der Waals surface area contributed by atoms with Crippen LogP contribution in [0.5, 0.6) is 5.75 Å². The van der Waals surface area contributed by atoms with Crippen molar-refractivity contribution in [1.82, 2.24) is 0 Å². The number of amides is 1. The van der Waals surface area contributed by atoms with Gasteiger partial charge in [0.25, 0.3) is 0 Å². The van der Waals surface area contributed by atoms with Crippen molar-refractivity contribution in [2.45, 2.75) is 43.9 Å². The van der Waals surface area contributed by atoms with Crippen molar-refractivity contribution in [1.29, 1.82) is 0 Å². The first-order chi connectivity index (χ1) is 14.1. The molecule has 4 aliphatic rings. The number of benzene rings is 2. The Kier molecular flexibility index (Phi) is 4.69. The summed E-state index contributed by atoms with van der Waals surface area (Å²) in [5.74, 6) is 3.51. The van der Waals surface area contributed by atoms with Gasteiger partial charge in [-0.15, -0.1) is 0 Å². The zero-order chi connectivity index (χ0) is 19.8. The largest absolute Gasteiger partial charge is 0.497 e. The van der Waals surface area contributed by atoms with Crippen LogP contribution in [0.3, 0.4) is 0 Å². The van der Waals surface area contributed by atoms with Gasteiger partial charge in [0.15, 0.2) is 0 Å². The van der Waals surface area contributed by atoms with Gasteiger partial charge in [-0.3, -0.25) is 4.79 Å². The Balaban J connectivity index is 1.25. The summed E-state index contributed by atoms with van der Waals surface area (Å²) < 4.78 is 5.22. The van der Waals surface area contributed by atoms with E-state index in [4.69, 9.17) is 4.74 Å². The maximum absolute atomic E-state index is 12.3. The van der Waals surface area contributed by atoms with Gasteiger partial charge in [-0.25, -0.2) is 0 Å². The highest BCUT2D eigenvalue weighted by Gasteiger charge is 2.51. The number of methoxy groups -OCH3 is 1. The van der Waals surface area contributed by atoms with Gasteiger partial charge < -0.3 is 10.1 Å². The second-order valence-electron chi connectivity index (χ2n) is 9.37. The van der Waals surface area contributed by atoms with Crippen molar-refractivity contribution < 1.29 is 9.53 Å². The maximum Gasteiger partial charge on any atom is 0.248 e. The summed E-state index contributed by atoms with van der Waals surface area (Å²) in [5, 5.41) is 2.98. The molecule has 0 aromatic heterocycles. The fraction of sp³-hybridized carbons (Fsp3) is 0.423. The first-order valence-corrected chi connectivity index (χ1v) is 10.9. The predicted octanol–water partition coefficient (Wildman–Crippen LogP) is 5.81. The van der Waals surface area contributed by atoms with E-state index < -0.39 is 0 Å². The van der Waals surface area contributed by atoms with Gasteiger partial charge in [0, 0.05) is 11.8 Å². The molecular weight excluding hydrogens is 358 g/mol. The molecule has 0 atom stereocenters. The number of rotatable bonds is 5. The molecule has 3 heteroatoms. The van der Waals surface area contributed by atoms with E-state index in [-0.39, 0.29) is 5.91 Å². The number of hydrogen-bond donors (Lipinski definition) is 1. The Hall–Kier alpha value is -2.55. The van der Waals surface area contributed by atoms with Crippen molar-refractivity contribution in [2.24, 2.45) is 17.8 Å². The van der Waals surface area contributed by atoms with E-state index in [0.717, 1.165) is 34.8 Å². The smallest absolute Gasteiger partial charge is 0.248 e. The zero-order valence-electron chi connectivity index (χ0n) is 17.1. The maximum atomic E-state index is 12.3. The summed E-state index contributed by atoms with van der Waals surface area (Å²) in [4.78, 5) is 12.3. The fourth-order valence-electron chi connectivity index (χ4n) is 6.47. The van der Waals surface area contributed by atoms with E-state index in [2.05, 4.69) is 29.6 Å². The van der Waals surface area contributed by atoms with Crippen LogP contribution < -0.4 is 10.1 Å². The minimum atomic E-state index is -0.115. The van der Waals surface area contributed by atoms with Crippen LogP contribution in [0.1, 0.15) is 49.7 Å².